The summed E-state index contributed by atoms with van der Waals surface area (Å²) in [6.07, 6.45) is 5.04. The molecule has 4 aromatic rings. The van der Waals surface area contributed by atoms with Crippen molar-refractivity contribution >= 4 is 46.1 Å². The van der Waals surface area contributed by atoms with Crippen molar-refractivity contribution in [1.82, 2.24) is 24.8 Å². The van der Waals surface area contributed by atoms with Crippen LogP contribution in [-0.4, -0.2) is 64.0 Å². The van der Waals surface area contributed by atoms with Gasteiger partial charge in [0.1, 0.15) is 5.52 Å². The third-order valence-electron chi connectivity index (χ3n) is 5.62. The van der Waals surface area contributed by atoms with Crippen molar-refractivity contribution in [2.45, 2.75) is 6.92 Å². The molecular weight excluding hydrogens is 408 g/mol. The van der Waals surface area contributed by atoms with Crippen molar-refractivity contribution in [3.8, 4) is 0 Å². The maximum atomic E-state index is 11.5. The van der Waals surface area contributed by atoms with Gasteiger partial charge in [-0.3, -0.25) is 9.69 Å². The number of hydrogen-bond acceptors (Lipinski definition) is 8. The van der Waals surface area contributed by atoms with E-state index in [0.717, 1.165) is 37.6 Å². The standard InChI is InChI=1S/C22H24N8O2/c1-15(31)29-10-12-30(13-11-29)17-5-3-16(4-6-17)25-21-26-18-7-14-32-19(18)20(27-21)28(2)22-23-8-9-24-22/h3-9,14H,10-13H2,1-2H3,(H,23,24)(H,25,26,27). The van der Waals surface area contributed by atoms with E-state index in [2.05, 4.69) is 42.3 Å². The Labute approximate surface area is 184 Å². The van der Waals surface area contributed by atoms with E-state index in [-0.39, 0.29) is 5.91 Å². The topological polar surface area (TPSA) is 106 Å². The average molecular weight is 432 g/mol. The van der Waals surface area contributed by atoms with Gasteiger partial charge in [-0.15, -0.1) is 0 Å². The number of benzene rings is 1. The smallest absolute Gasteiger partial charge is 0.230 e. The number of carbonyl (C=O) groups excluding carboxylic acids is 1. The zero-order valence-electron chi connectivity index (χ0n) is 17.9. The first-order chi connectivity index (χ1) is 15.6. The summed E-state index contributed by atoms with van der Waals surface area (Å²) in [5, 5.41) is 3.29. The van der Waals surface area contributed by atoms with Gasteiger partial charge in [0, 0.05) is 70.0 Å². The zero-order chi connectivity index (χ0) is 22.1. The summed E-state index contributed by atoms with van der Waals surface area (Å²) in [7, 11) is 1.87. The highest BCUT2D eigenvalue weighted by atomic mass is 16.3. The number of nitrogens with zero attached hydrogens (tertiary/aromatic N) is 6. The molecule has 0 spiro atoms. The van der Waals surface area contributed by atoms with Crippen LogP contribution >= 0.6 is 0 Å². The highest BCUT2D eigenvalue weighted by molar-refractivity contribution is 5.87. The zero-order valence-corrected chi connectivity index (χ0v) is 17.9. The van der Waals surface area contributed by atoms with E-state index in [1.165, 1.54) is 0 Å². The summed E-state index contributed by atoms with van der Waals surface area (Å²) in [6, 6.07) is 9.96. The maximum Gasteiger partial charge on any atom is 0.230 e. The maximum absolute atomic E-state index is 11.5. The lowest BCUT2D eigenvalue weighted by molar-refractivity contribution is -0.129. The van der Waals surface area contributed by atoms with Crippen LogP contribution in [0.4, 0.5) is 29.1 Å². The van der Waals surface area contributed by atoms with Crippen LogP contribution in [0.3, 0.4) is 0 Å². The second-order valence-electron chi connectivity index (χ2n) is 7.64. The number of fused-ring (bicyclic) bond motifs is 1. The second-order valence-corrected chi connectivity index (χ2v) is 7.64. The van der Waals surface area contributed by atoms with Crippen LogP contribution in [0.5, 0.6) is 0 Å². The minimum atomic E-state index is 0.135. The van der Waals surface area contributed by atoms with Crippen molar-refractivity contribution < 1.29 is 9.21 Å². The monoisotopic (exact) mass is 432 g/mol. The predicted octanol–water partition coefficient (Wildman–Crippen LogP) is 3.13. The average Bonchev–Trinajstić information content (AvgIpc) is 3.51. The molecule has 164 valence electrons. The molecule has 5 rings (SSSR count). The largest absolute Gasteiger partial charge is 0.459 e. The SMILES string of the molecule is CC(=O)N1CCN(c2ccc(Nc3nc(N(C)c4ncc[nH]4)c4occc4n3)cc2)CC1. The van der Waals surface area contributed by atoms with Gasteiger partial charge in [0.15, 0.2) is 11.4 Å². The molecule has 2 N–H and O–H groups in total. The van der Waals surface area contributed by atoms with E-state index < -0.39 is 0 Å². The van der Waals surface area contributed by atoms with E-state index in [1.54, 1.807) is 25.6 Å². The summed E-state index contributed by atoms with van der Waals surface area (Å²) in [5.74, 6) is 1.87. The Morgan fingerprint density at radius 3 is 2.59 bits per heavy atom. The lowest BCUT2D eigenvalue weighted by Crippen LogP contribution is -2.48. The number of H-pyrrole nitrogens is 1. The molecule has 0 aliphatic carbocycles. The minimum Gasteiger partial charge on any atom is -0.459 e. The second kappa shape index (κ2) is 8.22. The van der Waals surface area contributed by atoms with Gasteiger partial charge < -0.3 is 24.5 Å². The number of amides is 1. The molecular formula is C22H24N8O2. The van der Waals surface area contributed by atoms with Crippen molar-refractivity contribution in [2.24, 2.45) is 0 Å². The van der Waals surface area contributed by atoms with Crippen molar-refractivity contribution in [1.29, 1.82) is 0 Å². The van der Waals surface area contributed by atoms with Crippen LogP contribution in [0.15, 0.2) is 53.4 Å². The van der Waals surface area contributed by atoms with Crippen LogP contribution in [0, 0.1) is 0 Å². The lowest BCUT2D eigenvalue weighted by atomic mass is 10.2. The Balaban J connectivity index is 1.34. The quantitative estimate of drug-likeness (QED) is 0.495. The molecule has 0 radical (unpaired) electrons. The Bertz CT molecular complexity index is 1210. The number of piperazine rings is 1. The number of furan rings is 1. The molecule has 3 aromatic heterocycles. The summed E-state index contributed by atoms with van der Waals surface area (Å²) in [6.45, 7) is 4.78. The van der Waals surface area contributed by atoms with Crippen molar-refractivity contribution in [3.05, 3.63) is 49.0 Å². The number of hydrogen-bond donors (Lipinski definition) is 2. The highest BCUT2D eigenvalue weighted by Gasteiger charge is 2.19. The first kappa shape index (κ1) is 19.9. The van der Waals surface area contributed by atoms with Crippen LogP contribution in [0.25, 0.3) is 11.1 Å². The fourth-order valence-corrected chi connectivity index (χ4v) is 3.84. The summed E-state index contributed by atoms with van der Waals surface area (Å²) in [5.41, 5.74) is 3.30. The molecule has 1 aromatic carbocycles. The van der Waals surface area contributed by atoms with Gasteiger partial charge in [-0.2, -0.15) is 4.98 Å². The van der Waals surface area contributed by atoms with Crippen LogP contribution < -0.4 is 15.1 Å². The van der Waals surface area contributed by atoms with Gasteiger partial charge in [0.2, 0.25) is 17.8 Å². The fraction of sp³-hybridized carbons (Fsp3) is 0.273. The van der Waals surface area contributed by atoms with Crippen LogP contribution in [0.1, 0.15) is 6.92 Å². The lowest BCUT2D eigenvalue weighted by Gasteiger charge is -2.35. The van der Waals surface area contributed by atoms with Gasteiger partial charge in [0.25, 0.3) is 0 Å². The normalized spacial score (nSPS) is 14.1. The molecule has 32 heavy (non-hydrogen) atoms. The van der Waals surface area contributed by atoms with E-state index in [4.69, 9.17) is 4.42 Å². The molecule has 0 atom stereocenters. The Morgan fingerprint density at radius 1 is 1.12 bits per heavy atom. The van der Waals surface area contributed by atoms with Crippen LogP contribution in [-0.2, 0) is 4.79 Å². The third kappa shape index (κ3) is 3.82. The first-order valence-electron chi connectivity index (χ1n) is 10.4. The van der Waals surface area contributed by atoms with E-state index in [9.17, 15) is 4.79 Å². The molecule has 0 bridgehead atoms. The fourth-order valence-electron chi connectivity index (χ4n) is 3.84. The molecule has 1 aliphatic rings. The molecule has 0 saturated carbocycles. The predicted molar refractivity (Wildman–Crippen MR) is 123 cm³/mol. The van der Waals surface area contributed by atoms with E-state index >= 15 is 0 Å². The first-order valence-corrected chi connectivity index (χ1v) is 10.4. The minimum absolute atomic E-state index is 0.135. The number of nitrogens with one attached hydrogen (secondary N) is 2. The van der Waals surface area contributed by atoms with Crippen LogP contribution in [0.2, 0.25) is 0 Å². The summed E-state index contributed by atoms with van der Waals surface area (Å²) < 4.78 is 5.61. The molecule has 10 heteroatoms. The molecule has 1 fully saturated rings. The third-order valence-corrected chi connectivity index (χ3v) is 5.62. The van der Waals surface area contributed by atoms with Crippen molar-refractivity contribution in [2.75, 3.05) is 48.3 Å². The Hall–Kier alpha value is -4.08. The number of anilines is 5. The number of imidazole rings is 1. The molecule has 1 saturated heterocycles. The molecule has 1 aliphatic heterocycles. The van der Waals surface area contributed by atoms with Gasteiger partial charge >= 0.3 is 0 Å². The van der Waals surface area contributed by atoms with E-state index in [1.807, 2.05) is 35.0 Å². The Morgan fingerprint density at radius 2 is 1.91 bits per heavy atom. The van der Waals surface area contributed by atoms with Gasteiger partial charge in [-0.25, -0.2) is 9.97 Å². The molecule has 10 nitrogen and oxygen atoms in total. The summed E-state index contributed by atoms with van der Waals surface area (Å²) >= 11 is 0. The molecule has 4 heterocycles. The molecule has 1 amide bonds. The van der Waals surface area contributed by atoms with Gasteiger partial charge in [-0.1, -0.05) is 0 Å². The number of rotatable bonds is 5. The highest BCUT2D eigenvalue weighted by Crippen LogP contribution is 2.30. The number of carbonyl (C=O) groups is 1. The number of aromatic amines is 1. The van der Waals surface area contributed by atoms with Crippen molar-refractivity contribution in [3.63, 3.8) is 0 Å². The van der Waals surface area contributed by atoms with E-state index in [0.29, 0.717) is 28.8 Å². The Kier molecular flexibility index (Phi) is 5.10. The number of aromatic nitrogens is 4. The summed E-state index contributed by atoms with van der Waals surface area (Å²) in [4.78, 5) is 34.1. The van der Waals surface area contributed by atoms with Gasteiger partial charge in [0.05, 0.1) is 6.26 Å². The van der Waals surface area contributed by atoms with Gasteiger partial charge in [-0.05, 0) is 24.3 Å². The molecule has 0 unspecified atom stereocenters.